The van der Waals surface area contributed by atoms with Crippen LogP contribution in [0.15, 0.2) is 23.2 Å². The number of nitrogens with two attached hydrogens (primary N) is 1. The van der Waals surface area contributed by atoms with Crippen molar-refractivity contribution in [3.8, 4) is 5.75 Å². The maximum absolute atomic E-state index is 6.03. The average molecular weight is 274 g/mol. The van der Waals surface area contributed by atoms with Gasteiger partial charge in [-0.05, 0) is 45.3 Å². The first-order valence-corrected chi connectivity index (χ1v) is 6.74. The van der Waals surface area contributed by atoms with Crippen molar-refractivity contribution in [3.63, 3.8) is 0 Å². The molecule has 1 aromatic rings. The lowest BCUT2D eigenvalue weighted by Gasteiger charge is -2.32. The van der Waals surface area contributed by atoms with Gasteiger partial charge in [0, 0.05) is 0 Å². The summed E-state index contributed by atoms with van der Waals surface area (Å²) in [7, 11) is -0.399. The highest BCUT2D eigenvalue weighted by atomic mass is 16.7. The molecule has 0 radical (unpaired) electrons. The largest absolute Gasteiger partial charge is 0.494 e. The molecule has 0 aliphatic carbocycles. The Hall–Kier alpha value is -1.53. The molecule has 0 bridgehead atoms. The number of hydrogen-bond donors (Lipinski definition) is 1. The molecule has 0 spiro atoms. The van der Waals surface area contributed by atoms with Crippen molar-refractivity contribution in [3.05, 3.63) is 18.2 Å². The quantitative estimate of drug-likeness (QED) is 0.785. The number of aliphatic imine (C=N–C) groups is 1. The fourth-order valence-corrected chi connectivity index (χ4v) is 2.21. The summed E-state index contributed by atoms with van der Waals surface area (Å²) in [6, 6.07) is 5.73. The van der Waals surface area contributed by atoms with Gasteiger partial charge in [0.05, 0.1) is 11.2 Å². The molecular formula is C14H19BN2O3. The van der Waals surface area contributed by atoms with Crippen LogP contribution in [0.2, 0.25) is 0 Å². The van der Waals surface area contributed by atoms with Gasteiger partial charge in [-0.3, -0.25) is 0 Å². The number of fused-ring (bicyclic) bond motifs is 1. The Balaban J connectivity index is 1.92. The van der Waals surface area contributed by atoms with Gasteiger partial charge in [-0.1, -0.05) is 6.07 Å². The van der Waals surface area contributed by atoms with E-state index >= 15 is 0 Å². The fourth-order valence-electron chi connectivity index (χ4n) is 2.21. The van der Waals surface area contributed by atoms with Crippen LogP contribution in [0.4, 0.5) is 5.69 Å². The monoisotopic (exact) mass is 274 g/mol. The van der Waals surface area contributed by atoms with Gasteiger partial charge in [0.15, 0.2) is 0 Å². The number of amidine groups is 1. The predicted octanol–water partition coefficient (Wildman–Crippen LogP) is 1.37. The van der Waals surface area contributed by atoms with Crippen LogP contribution in [-0.4, -0.2) is 30.8 Å². The highest BCUT2D eigenvalue weighted by Gasteiger charge is 2.51. The summed E-state index contributed by atoms with van der Waals surface area (Å²) in [5.41, 5.74) is 6.64. The first-order valence-electron chi connectivity index (χ1n) is 6.74. The second-order valence-corrected chi connectivity index (χ2v) is 6.21. The molecule has 1 aromatic carbocycles. The lowest BCUT2D eigenvalue weighted by molar-refractivity contribution is 0.00578. The van der Waals surface area contributed by atoms with Crippen molar-refractivity contribution in [2.75, 3.05) is 6.61 Å². The Labute approximate surface area is 119 Å². The van der Waals surface area contributed by atoms with Crippen molar-refractivity contribution in [1.29, 1.82) is 0 Å². The van der Waals surface area contributed by atoms with Gasteiger partial charge in [0.1, 0.15) is 23.9 Å². The van der Waals surface area contributed by atoms with Crippen LogP contribution < -0.4 is 15.9 Å². The van der Waals surface area contributed by atoms with E-state index in [2.05, 4.69) is 4.99 Å². The number of rotatable bonds is 1. The highest BCUT2D eigenvalue weighted by molar-refractivity contribution is 6.62. The number of hydrogen-bond acceptors (Lipinski definition) is 5. The fraction of sp³-hybridized carbons (Fsp3) is 0.500. The van der Waals surface area contributed by atoms with Crippen LogP contribution in [0.5, 0.6) is 5.75 Å². The summed E-state index contributed by atoms with van der Waals surface area (Å²) in [5.74, 6) is 1.21. The van der Waals surface area contributed by atoms with Gasteiger partial charge in [0.2, 0.25) is 0 Å². The van der Waals surface area contributed by atoms with Crippen LogP contribution in [0.3, 0.4) is 0 Å². The summed E-state index contributed by atoms with van der Waals surface area (Å²) in [4.78, 5) is 4.31. The Kier molecular flexibility index (Phi) is 2.85. The summed E-state index contributed by atoms with van der Waals surface area (Å²) < 4.78 is 17.5. The van der Waals surface area contributed by atoms with E-state index in [0.717, 1.165) is 16.9 Å². The van der Waals surface area contributed by atoms with Crippen molar-refractivity contribution < 1.29 is 14.0 Å². The minimum atomic E-state index is -0.399. The normalized spacial score (nSPS) is 23.0. The van der Waals surface area contributed by atoms with E-state index < -0.39 is 7.12 Å². The molecule has 3 rings (SSSR count). The van der Waals surface area contributed by atoms with E-state index in [1.54, 1.807) is 0 Å². The number of nitrogens with zero attached hydrogens (tertiary/aromatic N) is 1. The second-order valence-electron chi connectivity index (χ2n) is 6.21. The molecule has 2 aliphatic heterocycles. The summed E-state index contributed by atoms with van der Waals surface area (Å²) in [6.07, 6.45) is 0. The van der Waals surface area contributed by atoms with Gasteiger partial charge in [-0.25, -0.2) is 4.99 Å². The molecule has 106 valence electrons. The molecule has 2 aliphatic rings. The molecule has 1 fully saturated rings. The van der Waals surface area contributed by atoms with Gasteiger partial charge in [0.25, 0.3) is 0 Å². The first-order chi connectivity index (χ1) is 9.28. The first kappa shape index (κ1) is 13.5. The molecular weight excluding hydrogens is 255 g/mol. The second kappa shape index (κ2) is 4.23. The van der Waals surface area contributed by atoms with E-state index in [-0.39, 0.29) is 11.2 Å². The molecule has 20 heavy (non-hydrogen) atoms. The van der Waals surface area contributed by atoms with E-state index in [9.17, 15) is 0 Å². The minimum Gasteiger partial charge on any atom is -0.483 e. The molecule has 6 heteroatoms. The van der Waals surface area contributed by atoms with Gasteiger partial charge in [-0.15, -0.1) is 0 Å². The SMILES string of the molecule is CC1(C)OB(c2ccc3c(c2)N=C(N)CO3)OC1(C)C. The minimum absolute atomic E-state index is 0.336. The molecule has 2 N–H and O–H groups in total. The molecule has 0 unspecified atom stereocenters. The molecule has 5 nitrogen and oxygen atoms in total. The Morgan fingerprint density at radius 1 is 1.15 bits per heavy atom. The van der Waals surface area contributed by atoms with Gasteiger partial charge < -0.3 is 19.8 Å². The van der Waals surface area contributed by atoms with Crippen molar-refractivity contribution in [1.82, 2.24) is 0 Å². The van der Waals surface area contributed by atoms with E-state index in [0.29, 0.717) is 12.4 Å². The summed E-state index contributed by atoms with van der Waals surface area (Å²) in [5, 5.41) is 0. The van der Waals surface area contributed by atoms with Gasteiger partial charge >= 0.3 is 7.12 Å². The zero-order valence-electron chi connectivity index (χ0n) is 12.3. The highest BCUT2D eigenvalue weighted by Crippen LogP contribution is 2.37. The smallest absolute Gasteiger partial charge is 0.483 e. The van der Waals surface area contributed by atoms with Crippen LogP contribution in [0.25, 0.3) is 0 Å². The van der Waals surface area contributed by atoms with Gasteiger partial charge in [-0.2, -0.15) is 0 Å². The predicted molar refractivity (Wildman–Crippen MR) is 78.9 cm³/mol. The van der Waals surface area contributed by atoms with Crippen LogP contribution >= 0.6 is 0 Å². The molecule has 0 saturated carbocycles. The molecule has 0 amide bonds. The standard InChI is InChI=1S/C14H19BN2O3/c1-13(2)14(3,4)20-15(19-13)9-5-6-11-10(7-9)17-12(16)8-18-11/h5-7H,8H2,1-4H3,(H2,16,17). The lowest BCUT2D eigenvalue weighted by atomic mass is 9.79. The maximum Gasteiger partial charge on any atom is 0.494 e. The third-order valence-electron chi connectivity index (χ3n) is 4.15. The van der Waals surface area contributed by atoms with Crippen molar-refractivity contribution >= 4 is 24.1 Å². The molecule has 1 saturated heterocycles. The molecule has 0 aromatic heterocycles. The van der Waals surface area contributed by atoms with E-state index in [4.69, 9.17) is 19.8 Å². The van der Waals surface area contributed by atoms with Crippen LogP contribution in [0, 0.1) is 0 Å². The Morgan fingerprint density at radius 2 is 1.80 bits per heavy atom. The summed E-state index contributed by atoms with van der Waals surface area (Å²) >= 11 is 0. The topological polar surface area (TPSA) is 66.1 Å². The maximum atomic E-state index is 6.03. The Bertz CT molecular complexity index is 568. The number of ether oxygens (including phenoxy) is 1. The zero-order chi connectivity index (χ0) is 14.5. The van der Waals surface area contributed by atoms with Crippen molar-refractivity contribution in [2.45, 2.75) is 38.9 Å². The lowest BCUT2D eigenvalue weighted by Crippen LogP contribution is -2.41. The van der Waals surface area contributed by atoms with Crippen LogP contribution in [-0.2, 0) is 9.31 Å². The van der Waals surface area contributed by atoms with Crippen molar-refractivity contribution in [2.24, 2.45) is 10.7 Å². The third-order valence-corrected chi connectivity index (χ3v) is 4.15. The molecule has 0 atom stereocenters. The average Bonchev–Trinajstić information content (AvgIpc) is 2.57. The third kappa shape index (κ3) is 2.09. The van der Waals surface area contributed by atoms with E-state index in [1.807, 2.05) is 45.9 Å². The Morgan fingerprint density at radius 3 is 2.45 bits per heavy atom. The molecule has 2 heterocycles. The van der Waals surface area contributed by atoms with E-state index in [1.165, 1.54) is 0 Å². The zero-order valence-corrected chi connectivity index (χ0v) is 12.3. The van der Waals surface area contributed by atoms with Crippen LogP contribution in [0.1, 0.15) is 27.7 Å². The summed E-state index contributed by atoms with van der Waals surface area (Å²) in [6.45, 7) is 8.47. The number of benzene rings is 1.